The molecule has 0 fully saturated rings. The molecule has 128 valence electrons. The lowest BCUT2D eigenvalue weighted by Crippen LogP contribution is -2.41. The van der Waals surface area contributed by atoms with E-state index in [4.69, 9.17) is 4.74 Å². The number of nitrogens with zero attached hydrogens (tertiary/aromatic N) is 2. The van der Waals surface area contributed by atoms with Gasteiger partial charge in [-0.25, -0.2) is 9.38 Å². The molecule has 6 heteroatoms. The number of aromatic nitrogens is 1. The van der Waals surface area contributed by atoms with Crippen molar-refractivity contribution >= 4 is 5.96 Å². The van der Waals surface area contributed by atoms with Crippen LogP contribution in [-0.2, 0) is 6.54 Å². The number of hydrogen-bond acceptors (Lipinski definition) is 3. The zero-order valence-electron chi connectivity index (χ0n) is 14.0. The molecule has 0 bridgehead atoms. The number of pyridine rings is 1. The number of benzene rings is 1. The maximum absolute atomic E-state index is 13.6. The van der Waals surface area contributed by atoms with Gasteiger partial charge >= 0.3 is 0 Å². The summed E-state index contributed by atoms with van der Waals surface area (Å²) in [5.41, 5.74) is 0.894. The first-order valence-corrected chi connectivity index (χ1v) is 8.02. The Kier molecular flexibility index (Phi) is 7.01. The van der Waals surface area contributed by atoms with Crippen molar-refractivity contribution in [3.63, 3.8) is 0 Å². The van der Waals surface area contributed by atoms with E-state index in [-0.39, 0.29) is 17.7 Å². The molecule has 0 amide bonds. The third-order valence-electron chi connectivity index (χ3n) is 3.19. The third-order valence-corrected chi connectivity index (χ3v) is 3.19. The summed E-state index contributed by atoms with van der Waals surface area (Å²) in [5.74, 6) is 0.564. The third kappa shape index (κ3) is 5.87. The van der Waals surface area contributed by atoms with Crippen molar-refractivity contribution in [2.24, 2.45) is 4.99 Å². The van der Waals surface area contributed by atoms with Crippen LogP contribution in [0.1, 0.15) is 19.5 Å². The van der Waals surface area contributed by atoms with Gasteiger partial charge in [-0.1, -0.05) is 18.2 Å². The van der Waals surface area contributed by atoms with Crippen LogP contribution in [0.5, 0.6) is 5.75 Å². The van der Waals surface area contributed by atoms with Crippen LogP contribution in [0.4, 0.5) is 4.39 Å². The maximum atomic E-state index is 13.6. The molecule has 0 saturated heterocycles. The van der Waals surface area contributed by atoms with Gasteiger partial charge in [0.2, 0.25) is 0 Å². The Labute approximate surface area is 142 Å². The number of para-hydroxylation sites is 1. The zero-order chi connectivity index (χ0) is 17.2. The molecule has 1 aromatic heterocycles. The van der Waals surface area contributed by atoms with Crippen molar-refractivity contribution in [1.29, 1.82) is 0 Å². The molecule has 1 unspecified atom stereocenters. The number of hydrogen-bond donors (Lipinski definition) is 2. The molecule has 1 aromatic carbocycles. The van der Waals surface area contributed by atoms with Crippen molar-refractivity contribution in [2.45, 2.75) is 26.5 Å². The molecule has 0 spiro atoms. The number of ether oxygens (including phenoxy) is 1. The zero-order valence-corrected chi connectivity index (χ0v) is 14.0. The largest absolute Gasteiger partial charge is 0.486 e. The van der Waals surface area contributed by atoms with Gasteiger partial charge in [-0.15, -0.1) is 0 Å². The van der Waals surface area contributed by atoms with Gasteiger partial charge in [0.1, 0.15) is 6.10 Å². The van der Waals surface area contributed by atoms with Gasteiger partial charge < -0.3 is 15.4 Å². The molecular formula is C18H23FN4O. The smallest absolute Gasteiger partial charge is 0.191 e. The van der Waals surface area contributed by atoms with Gasteiger partial charge in [0, 0.05) is 12.7 Å². The van der Waals surface area contributed by atoms with E-state index >= 15 is 0 Å². The van der Waals surface area contributed by atoms with E-state index in [1.165, 1.54) is 6.07 Å². The first-order chi connectivity index (χ1) is 11.7. The summed E-state index contributed by atoms with van der Waals surface area (Å²) in [6.07, 6.45) is 1.54. The fourth-order valence-electron chi connectivity index (χ4n) is 2.03. The van der Waals surface area contributed by atoms with E-state index in [9.17, 15) is 4.39 Å². The number of rotatable bonds is 7. The number of guanidine groups is 1. The van der Waals surface area contributed by atoms with E-state index in [1.54, 1.807) is 24.4 Å². The highest BCUT2D eigenvalue weighted by Gasteiger charge is 2.08. The molecule has 0 radical (unpaired) electrons. The molecule has 0 aliphatic heterocycles. The maximum Gasteiger partial charge on any atom is 0.191 e. The van der Waals surface area contributed by atoms with Crippen molar-refractivity contribution in [3.05, 3.63) is 60.2 Å². The fraction of sp³-hybridized carbons (Fsp3) is 0.333. The Morgan fingerprint density at radius 1 is 1.21 bits per heavy atom. The molecule has 24 heavy (non-hydrogen) atoms. The molecule has 0 saturated carbocycles. The van der Waals surface area contributed by atoms with Crippen molar-refractivity contribution in [2.75, 3.05) is 13.1 Å². The second-order valence-corrected chi connectivity index (χ2v) is 5.26. The summed E-state index contributed by atoms with van der Waals surface area (Å²) in [5, 5.41) is 6.36. The van der Waals surface area contributed by atoms with Crippen LogP contribution in [0, 0.1) is 5.82 Å². The van der Waals surface area contributed by atoms with E-state index in [0.717, 1.165) is 12.2 Å². The molecular weight excluding hydrogens is 307 g/mol. The van der Waals surface area contributed by atoms with Gasteiger partial charge in [0.15, 0.2) is 17.5 Å². The van der Waals surface area contributed by atoms with Crippen LogP contribution in [0.15, 0.2) is 53.7 Å². The molecule has 1 atom stereocenters. The summed E-state index contributed by atoms with van der Waals surface area (Å²) in [6, 6.07) is 12.1. The standard InChI is InChI=1S/C18H23FN4O/c1-3-20-18(23-13-15-8-6-7-11-21-15)22-12-14(2)24-17-10-5-4-9-16(17)19/h4-11,14H,3,12-13H2,1-2H3,(H2,20,22,23). The van der Waals surface area contributed by atoms with E-state index in [1.807, 2.05) is 32.0 Å². The quantitative estimate of drug-likeness (QED) is 0.605. The monoisotopic (exact) mass is 330 g/mol. The second kappa shape index (κ2) is 9.50. The second-order valence-electron chi connectivity index (χ2n) is 5.26. The Balaban J connectivity index is 1.87. The molecule has 5 nitrogen and oxygen atoms in total. The first kappa shape index (κ1) is 17.7. The highest BCUT2D eigenvalue weighted by atomic mass is 19.1. The van der Waals surface area contributed by atoms with Crippen LogP contribution in [0.2, 0.25) is 0 Å². The molecule has 2 rings (SSSR count). The van der Waals surface area contributed by atoms with Crippen molar-refractivity contribution in [1.82, 2.24) is 15.6 Å². The average molecular weight is 330 g/mol. The van der Waals surface area contributed by atoms with Gasteiger partial charge in [-0.2, -0.15) is 0 Å². The Hall–Kier alpha value is -2.63. The fourth-order valence-corrected chi connectivity index (χ4v) is 2.03. The SMILES string of the molecule is CCNC(=NCc1ccccn1)NCC(C)Oc1ccccc1F. The summed E-state index contributed by atoms with van der Waals surface area (Å²) < 4.78 is 19.2. The average Bonchev–Trinajstić information content (AvgIpc) is 2.60. The lowest BCUT2D eigenvalue weighted by atomic mass is 10.3. The van der Waals surface area contributed by atoms with Gasteiger partial charge in [-0.05, 0) is 38.1 Å². The van der Waals surface area contributed by atoms with Gasteiger partial charge in [0.25, 0.3) is 0 Å². The Morgan fingerprint density at radius 3 is 2.71 bits per heavy atom. The summed E-state index contributed by atoms with van der Waals surface area (Å²) in [4.78, 5) is 8.73. The highest BCUT2D eigenvalue weighted by Crippen LogP contribution is 2.16. The van der Waals surface area contributed by atoms with Crippen LogP contribution in [0.25, 0.3) is 0 Å². The summed E-state index contributed by atoms with van der Waals surface area (Å²) in [7, 11) is 0. The summed E-state index contributed by atoms with van der Waals surface area (Å²) >= 11 is 0. The van der Waals surface area contributed by atoms with Crippen LogP contribution in [-0.4, -0.2) is 30.1 Å². The minimum atomic E-state index is -0.361. The number of aliphatic imine (C=N–C) groups is 1. The summed E-state index contributed by atoms with van der Waals surface area (Å²) in [6.45, 7) is 5.61. The van der Waals surface area contributed by atoms with Crippen LogP contribution < -0.4 is 15.4 Å². The van der Waals surface area contributed by atoms with E-state index < -0.39 is 0 Å². The predicted molar refractivity (Wildman–Crippen MR) is 93.5 cm³/mol. The van der Waals surface area contributed by atoms with E-state index in [2.05, 4.69) is 20.6 Å². The lowest BCUT2D eigenvalue weighted by Gasteiger charge is -2.18. The topological polar surface area (TPSA) is 58.5 Å². The Bertz CT molecular complexity index is 648. The first-order valence-electron chi connectivity index (χ1n) is 8.02. The molecule has 2 aromatic rings. The molecule has 0 aliphatic carbocycles. The van der Waals surface area contributed by atoms with E-state index in [0.29, 0.717) is 19.0 Å². The highest BCUT2D eigenvalue weighted by molar-refractivity contribution is 5.79. The van der Waals surface area contributed by atoms with Crippen molar-refractivity contribution in [3.8, 4) is 5.75 Å². The number of halogens is 1. The minimum absolute atomic E-state index is 0.208. The molecule has 0 aliphatic rings. The molecule has 2 N–H and O–H groups in total. The number of nitrogens with one attached hydrogen (secondary N) is 2. The van der Waals surface area contributed by atoms with Crippen LogP contribution >= 0.6 is 0 Å². The van der Waals surface area contributed by atoms with Crippen LogP contribution in [0.3, 0.4) is 0 Å². The predicted octanol–water partition coefficient (Wildman–Crippen LogP) is 2.74. The lowest BCUT2D eigenvalue weighted by molar-refractivity contribution is 0.214. The van der Waals surface area contributed by atoms with Crippen molar-refractivity contribution < 1.29 is 9.13 Å². The van der Waals surface area contributed by atoms with Gasteiger partial charge in [0.05, 0.1) is 18.8 Å². The normalized spacial score (nSPS) is 12.5. The van der Waals surface area contributed by atoms with Gasteiger partial charge in [-0.3, -0.25) is 4.98 Å². The molecule has 1 heterocycles. The minimum Gasteiger partial charge on any atom is -0.486 e. The Morgan fingerprint density at radius 2 is 2.00 bits per heavy atom.